The molecule has 0 aliphatic rings. The average Bonchev–Trinajstić information content (AvgIpc) is 2.77. The molecular weight excluding hydrogens is 431 g/mol. The highest BCUT2D eigenvalue weighted by Crippen LogP contribution is 2.30. The number of halogens is 1. The zero-order chi connectivity index (χ0) is 23.3. The third kappa shape index (κ3) is 5.45. The Labute approximate surface area is 187 Å². The smallest absolute Gasteiger partial charge is 0.268 e. The number of anilines is 1. The SMILES string of the molecule is COc1ccc(C)cc1S(=O)(=O)N(CC(=O)NCc1ccc(C)cc1)c1ccc(F)cc1. The van der Waals surface area contributed by atoms with E-state index in [0.29, 0.717) is 5.56 Å². The highest BCUT2D eigenvalue weighted by Gasteiger charge is 2.30. The Kier molecular flexibility index (Phi) is 7.15. The minimum atomic E-state index is -4.19. The largest absolute Gasteiger partial charge is 0.495 e. The van der Waals surface area contributed by atoms with Gasteiger partial charge in [0.25, 0.3) is 10.0 Å². The van der Waals surface area contributed by atoms with Crippen LogP contribution in [0.4, 0.5) is 10.1 Å². The number of hydrogen-bond donors (Lipinski definition) is 1. The van der Waals surface area contributed by atoms with Gasteiger partial charge in [-0.2, -0.15) is 0 Å². The average molecular weight is 457 g/mol. The van der Waals surface area contributed by atoms with Crippen LogP contribution in [0.3, 0.4) is 0 Å². The van der Waals surface area contributed by atoms with E-state index < -0.39 is 28.3 Å². The van der Waals surface area contributed by atoms with E-state index in [9.17, 15) is 17.6 Å². The Morgan fingerprint density at radius 1 is 0.969 bits per heavy atom. The van der Waals surface area contributed by atoms with Gasteiger partial charge in [-0.05, 0) is 61.4 Å². The normalized spacial score (nSPS) is 11.1. The second kappa shape index (κ2) is 9.82. The molecule has 0 saturated carbocycles. The van der Waals surface area contributed by atoms with E-state index in [1.807, 2.05) is 31.2 Å². The first-order valence-corrected chi connectivity index (χ1v) is 11.4. The van der Waals surface area contributed by atoms with Gasteiger partial charge < -0.3 is 10.1 Å². The van der Waals surface area contributed by atoms with Gasteiger partial charge >= 0.3 is 0 Å². The molecule has 1 amide bonds. The van der Waals surface area contributed by atoms with Crippen molar-refractivity contribution in [3.8, 4) is 5.75 Å². The number of sulfonamides is 1. The molecule has 0 atom stereocenters. The fraction of sp³-hybridized carbons (Fsp3) is 0.208. The number of benzene rings is 3. The van der Waals surface area contributed by atoms with Crippen LogP contribution in [-0.2, 0) is 21.4 Å². The molecule has 0 aliphatic carbocycles. The zero-order valence-electron chi connectivity index (χ0n) is 18.1. The highest BCUT2D eigenvalue weighted by molar-refractivity contribution is 7.93. The molecular formula is C24H25FN2O4S. The van der Waals surface area contributed by atoms with Crippen molar-refractivity contribution in [3.05, 3.63) is 89.2 Å². The van der Waals surface area contributed by atoms with E-state index in [-0.39, 0.29) is 22.9 Å². The Hall–Kier alpha value is -3.39. The van der Waals surface area contributed by atoms with E-state index in [4.69, 9.17) is 4.74 Å². The maximum absolute atomic E-state index is 13.6. The van der Waals surface area contributed by atoms with Gasteiger partial charge in [0.1, 0.15) is 23.0 Å². The first-order chi connectivity index (χ1) is 15.2. The van der Waals surface area contributed by atoms with E-state index in [1.165, 1.54) is 25.3 Å². The number of methoxy groups -OCH3 is 1. The summed E-state index contributed by atoms with van der Waals surface area (Å²) in [6.45, 7) is 3.50. The van der Waals surface area contributed by atoms with Gasteiger partial charge in [-0.3, -0.25) is 9.10 Å². The predicted octanol–water partition coefficient (Wildman–Crippen LogP) is 3.96. The van der Waals surface area contributed by atoms with Crippen molar-refractivity contribution >= 4 is 21.6 Å². The number of rotatable bonds is 8. The summed E-state index contributed by atoms with van der Waals surface area (Å²) in [7, 11) is -2.82. The predicted molar refractivity (Wildman–Crippen MR) is 122 cm³/mol. The molecule has 0 unspecified atom stereocenters. The van der Waals surface area contributed by atoms with Crippen LogP contribution in [0.5, 0.6) is 5.75 Å². The molecule has 3 aromatic rings. The van der Waals surface area contributed by atoms with Crippen LogP contribution in [-0.4, -0.2) is 28.0 Å². The molecule has 8 heteroatoms. The van der Waals surface area contributed by atoms with Gasteiger partial charge in [0.2, 0.25) is 5.91 Å². The lowest BCUT2D eigenvalue weighted by atomic mass is 10.1. The van der Waals surface area contributed by atoms with Gasteiger partial charge in [0.05, 0.1) is 12.8 Å². The fourth-order valence-electron chi connectivity index (χ4n) is 3.12. The van der Waals surface area contributed by atoms with Crippen LogP contribution < -0.4 is 14.4 Å². The maximum Gasteiger partial charge on any atom is 0.268 e. The summed E-state index contributed by atoms with van der Waals surface area (Å²) in [4.78, 5) is 12.6. The van der Waals surface area contributed by atoms with Crippen molar-refractivity contribution in [2.24, 2.45) is 0 Å². The zero-order valence-corrected chi connectivity index (χ0v) is 18.9. The minimum absolute atomic E-state index is 0.0735. The van der Waals surface area contributed by atoms with Crippen molar-refractivity contribution in [1.29, 1.82) is 0 Å². The quantitative estimate of drug-likeness (QED) is 0.557. The van der Waals surface area contributed by atoms with Crippen LogP contribution in [0, 0.1) is 19.7 Å². The summed E-state index contributed by atoms with van der Waals surface area (Å²) < 4.78 is 46.8. The van der Waals surface area contributed by atoms with Crippen molar-refractivity contribution in [2.45, 2.75) is 25.3 Å². The summed E-state index contributed by atoms with van der Waals surface area (Å²) in [6.07, 6.45) is 0. The number of carbonyl (C=O) groups excluding carboxylic acids is 1. The Bertz CT molecular complexity index is 1190. The summed E-state index contributed by atoms with van der Waals surface area (Å²) in [5, 5.41) is 2.74. The number of aryl methyl sites for hydroxylation is 2. The Morgan fingerprint density at radius 3 is 2.22 bits per heavy atom. The third-order valence-corrected chi connectivity index (χ3v) is 6.69. The summed E-state index contributed by atoms with van der Waals surface area (Å²) in [6, 6.07) is 17.4. The maximum atomic E-state index is 13.6. The standard InChI is InChI=1S/C24H25FN2O4S/c1-17-4-7-19(8-5-17)15-26-24(28)16-27(21-11-9-20(25)10-12-21)32(29,30)23-14-18(2)6-13-22(23)31-3/h4-14H,15-16H2,1-3H3,(H,26,28). The summed E-state index contributed by atoms with van der Waals surface area (Å²) in [5.41, 5.74) is 2.87. The molecule has 0 radical (unpaired) electrons. The summed E-state index contributed by atoms with van der Waals surface area (Å²) >= 11 is 0. The third-order valence-electron chi connectivity index (χ3n) is 4.90. The lowest BCUT2D eigenvalue weighted by molar-refractivity contribution is -0.119. The molecule has 6 nitrogen and oxygen atoms in total. The van der Waals surface area contributed by atoms with E-state index in [1.54, 1.807) is 19.1 Å². The molecule has 3 aromatic carbocycles. The minimum Gasteiger partial charge on any atom is -0.495 e. The van der Waals surface area contributed by atoms with Gasteiger partial charge in [-0.15, -0.1) is 0 Å². The molecule has 0 bridgehead atoms. The van der Waals surface area contributed by atoms with Crippen LogP contribution in [0.2, 0.25) is 0 Å². The van der Waals surface area contributed by atoms with Gasteiger partial charge in [0, 0.05) is 6.54 Å². The molecule has 0 heterocycles. The highest BCUT2D eigenvalue weighted by atomic mass is 32.2. The number of nitrogens with zero attached hydrogens (tertiary/aromatic N) is 1. The Balaban J connectivity index is 1.92. The van der Waals surface area contributed by atoms with Crippen molar-refractivity contribution in [3.63, 3.8) is 0 Å². The molecule has 0 saturated heterocycles. The molecule has 0 aliphatic heterocycles. The first kappa shape index (κ1) is 23.3. The number of carbonyl (C=O) groups is 1. The monoisotopic (exact) mass is 456 g/mol. The van der Waals surface area contributed by atoms with Gasteiger partial charge in [0.15, 0.2) is 0 Å². The molecule has 168 valence electrons. The molecule has 0 spiro atoms. The molecule has 0 fully saturated rings. The van der Waals surface area contributed by atoms with Crippen LogP contribution in [0.25, 0.3) is 0 Å². The lowest BCUT2D eigenvalue weighted by Gasteiger charge is -2.25. The van der Waals surface area contributed by atoms with Crippen LogP contribution in [0.1, 0.15) is 16.7 Å². The molecule has 3 rings (SSSR count). The van der Waals surface area contributed by atoms with Gasteiger partial charge in [-0.1, -0.05) is 35.9 Å². The molecule has 32 heavy (non-hydrogen) atoms. The van der Waals surface area contributed by atoms with Crippen molar-refractivity contribution in [2.75, 3.05) is 18.0 Å². The van der Waals surface area contributed by atoms with Crippen molar-refractivity contribution < 1.29 is 22.3 Å². The van der Waals surface area contributed by atoms with Crippen molar-refractivity contribution in [1.82, 2.24) is 5.32 Å². The fourth-order valence-corrected chi connectivity index (χ4v) is 4.78. The Morgan fingerprint density at radius 2 is 1.59 bits per heavy atom. The number of hydrogen-bond acceptors (Lipinski definition) is 4. The summed E-state index contributed by atoms with van der Waals surface area (Å²) in [5.74, 6) is -0.851. The number of amides is 1. The molecule has 1 N–H and O–H groups in total. The second-order valence-corrected chi connectivity index (χ2v) is 9.24. The first-order valence-electron chi connectivity index (χ1n) is 9.96. The second-order valence-electron chi connectivity index (χ2n) is 7.40. The van der Waals surface area contributed by atoms with Crippen LogP contribution >= 0.6 is 0 Å². The van der Waals surface area contributed by atoms with Crippen LogP contribution in [0.15, 0.2) is 71.6 Å². The van der Waals surface area contributed by atoms with Gasteiger partial charge in [-0.25, -0.2) is 12.8 Å². The lowest BCUT2D eigenvalue weighted by Crippen LogP contribution is -2.40. The number of ether oxygens (including phenoxy) is 1. The van der Waals surface area contributed by atoms with E-state index >= 15 is 0 Å². The topological polar surface area (TPSA) is 75.7 Å². The molecule has 0 aromatic heterocycles. The van der Waals surface area contributed by atoms with E-state index in [0.717, 1.165) is 27.6 Å². The number of nitrogens with one attached hydrogen (secondary N) is 1. The van der Waals surface area contributed by atoms with E-state index in [2.05, 4.69) is 5.32 Å².